The predicted octanol–water partition coefficient (Wildman–Crippen LogP) is 3.64. The first kappa shape index (κ1) is 20.0. The number of furan rings is 1. The fourth-order valence-electron chi connectivity index (χ4n) is 1.94. The average molecular weight is 451 g/mol. The van der Waals surface area contributed by atoms with E-state index in [1.807, 2.05) is 12.1 Å². The van der Waals surface area contributed by atoms with Crippen molar-refractivity contribution in [3.8, 4) is 0 Å². The minimum absolute atomic E-state index is 0. The van der Waals surface area contributed by atoms with Crippen molar-refractivity contribution in [2.24, 2.45) is 4.99 Å². The van der Waals surface area contributed by atoms with Gasteiger partial charge < -0.3 is 15.1 Å². The first-order chi connectivity index (χ1) is 10.9. The molecule has 0 aliphatic heterocycles. The third-order valence-electron chi connectivity index (χ3n) is 3.05. The zero-order valence-corrected chi connectivity index (χ0v) is 16.1. The van der Waals surface area contributed by atoms with Crippen LogP contribution in [0.3, 0.4) is 0 Å². The van der Waals surface area contributed by atoms with E-state index in [-0.39, 0.29) is 30.7 Å². The molecule has 0 saturated carbocycles. The second-order valence-electron chi connectivity index (χ2n) is 4.79. The van der Waals surface area contributed by atoms with Crippen LogP contribution in [0.5, 0.6) is 0 Å². The highest BCUT2D eigenvalue weighted by Crippen LogP contribution is 2.08. The standard InChI is InChI=1S/C16H22FN3OS.HI/c17-8-3-9-18-16(19-10-6-14-4-1-12-21-14)20-11-7-15-5-2-13-22-15;/h1-2,4-5,12-13H,3,6-11H2,(H2,18,19,20);1H. The fraction of sp³-hybridized carbons (Fsp3) is 0.438. The molecule has 0 aliphatic carbocycles. The third-order valence-corrected chi connectivity index (χ3v) is 3.99. The molecule has 2 aromatic rings. The Hall–Kier alpha value is -1.09. The number of nitrogens with one attached hydrogen (secondary N) is 2. The van der Waals surface area contributed by atoms with Gasteiger partial charge in [-0.2, -0.15) is 0 Å². The van der Waals surface area contributed by atoms with Crippen LogP contribution in [-0.4, -0.2) is 32.3 Å². The van der Waals surface area contributed by atoms with Crippen LogP contribution < -0.4 is 10.6 Å². The zero-order valence-electron chi connectivity index (χ0n) is 13.0. The van der Waals surface area contributed by atoms with Gasteiger partial charge in [0.25, 0.3) is 0 Å². The van der Waals surface area contributed by atoms with E-state index < -0.39 is 0 Å². The van der Waals surface area contributed by atoms with Crippen molar-refractivity contribution in [2.75, 3.05) is 26.3 Å². The number of guanidine groups is 1. The summed E-state index contributed by atoms with van der Waals surface area (Å²) in [6.45, 7) is 1.70. The first-order valence-corrected chi connectivity index (χ1v) is 8.39. The van der Waals surface area contributed by atoms with Gasteiger partial charge in [0.15, 0.2) is 5.96 Å². The molecule has 0 spiro atoms. The number of hydrogen-bond donors (Lipinski definition) is 2. The smallest absolute Gasteiger partial charge is 0.191 e. The zero-order chi connectivity index (χ0) is 15.5. The maximum Gasteiger partial charge on any atom is 0.191 e. The Bertz CT molecular complexity index is 489. The highest BCUT2D eigenvalue weighted by atomic mass is 127. The Morgan fingerprint density at radius 2 is 2.00 bits per heavy atom. The van der Waals surface area contributed by atoms with Crippen LogP contribution in [0.4, 0.5) is 4.39 Å². The van der Waals surface area contributed by atoms with Crippen LogP contribution in [0.2, 0.25) is 0 Å². The van der Waals surface area contributed by atoms with Crippen LogP contribution in [0.1, 0.15) is 17.1 Å². The molecule has 0 bridgehead atoms. The van der Waals surface area contributed by atoms with Crippen molar-refractivity contribution >= 4 is 41.3 Å². The number of alkyl halides is 1. The Labute approximate surface area is 157 Å². The Morgan fingerprint density at radius 3 is 2.65 bits per heavy atom. The quantitative estimate of drug-likeness (QED) is 0.265. The van der Waals surface area contributed by atoms with E-state index in [4.69, 9.17) is 4.42 Å². The van der Waals surface area contributed by atoms with Gasteiger partial charge in [-0.05, 0) is 36.4 Å². The predicted molar refractivity (Wildman–Crippen MR) is 105 cm³/mol. The third kappa shape index (κ3) is 8.36. The molecule has 4 nitrogen and oxygen atoms in total. The number of nitrogens with zero attached hydrogens (tertiary/aromatic N) is 1. The van der Waals surface area contributed by atoms with E-state index in [0.29, 0.717) is 13.0 Å². The second-order valence-corrected chi connectivity index (χ2v) is 5.82. The Kier molecular flexibility index (Phi) is 10.7. The molecule has 0 atom stereocenters. The molecule has 2 heterocycles. The second kappa shape index (κ2) is 12.3. The monoisotopic (exact) mass is 451 g/mol. The van der Waals surface area contributed by atoms with Crippen molar-refractivity contribution < 1.29 is 8.81 Å². The maximum absolute atomic E-state index is 12.2. The number of hydrogen-bond acceptors (Lipinski definition) is 3. The molecule has 23 heavy (non-hydrogen) atoms. The van der Waals surface area contributed by atoms with Gasteiger partial charge in [0, 0.05) is 30.9 Å². The Morgan fingerprint density at radius 1 is 1.17 bits per heavy atom. The SMILES string of the molecule is FCCCN=C(NCCc1ccco1)NCCc1cccs1.I. The summed E-state index contributed by atoms with van der Waals surface area (Å²) in [6, 6.07) is 8.01. The van der Waals surface area contributed by atoms with Crippen molar-refractivity contribution in [3.63, 3.8) is 0 Å². The minimum atomic E-state index is -0.335. The molecule has 0 amide bonds. The lowest BCUT2D eigenvalue weighted by atomic mass is 10.3. The molecule has 0 saturated heterocycles. The lowest BCUT2D eigenvalue weighted by Gasteiger charge is -2.11. The molecular weight excluding hydrogens is 428 g/mol. The van der Waals surface area contributed by atoms with Gasteiger partial charge in [0.05, 0.1) is 12.9 Å². The number of halogens is 2. The molecule has 0 unspecified atom stereocenters. The van der Waals surface area contributed by atoms with Gasteiger partial charge in [-0.25, -0.2) is 0 Å². The van der Waals surface area contributed by atoms with Crippen LogP contribution in [0, 0.1) is 0 Å². The maximum atomic E-state index is 12.2. The fourth-order valence-corrected chi connectivity index (χ4v) is 2.65. The lowest BCUT2D eigenvalue weighted by Crippen LogP contribution is -2.39. The average Bonchev–Trinajstić information content (AvgIpc) is 3.20. The molecule has 0 radical (unpaired) electrons. The Balaban J connectivity index is 0.00000264. The molecular formula is C16H23FIN3OS. The van der Waals surface area contributed by atoms with E-state index >= 15 is 0 Å². The summed E-state index contributed by atoms with van der Waals surface area (Å²) < 4.78 is 17.5. The van der Waals surface area contributed by atoms with Crippen molar-refractivity contribution in [3.05, 3.63) is 46.5 Å². The normalized spacial score (nSPS) is 11.1. The van der Waals surface area contributed by atoms with Crippen molar-refractivity contribution in [1.82, 2.24) is 10.6 Å². The van der Waals surface area contributed by atoms with Gasteiger partial charge in [-0.1, -0.05) is 6.07 Å². The molecule has 0 aliphatic rings. The first-order valence-electron chi connectivity index (χ1n) is 7.51. The van der Waals surface area contributed by atoms with Gasteiger partial charge in [0.1, 0.15) is 5.76 Å². The topological polar surface area (TPSA) is 49.6 Å². The summed E-state index contributed by atoms with van der Waals surface area (Å²) in [7, 11) is 0. The summed E-state index contributed by atoms with van der Waals surface area (Å²) in [6.07, 6.45) is 3.88. The summed E-state index contributed by atoms with van der Waals surface area (Å²) in [5.74, 6) is 1.67. The van der Waals surface area contributed by atoms with E-state index in [0.717, 1.165) is 37.7 Å². The molecule has 7 heteroatoms. The van der Waals surface area contributed by atoms with Crippen LogP contribution in [0.25, 0.3) is 0 Å². The summed E-state index contributed by atoms with van der Waals surface area (Å²) >= 11 is 1.75. The molecule has 128 valence electrons. The molecule has 2 rings (SSSR count). The van der Waals surface area contributed by atoms with Crippen molar-refractivity contribution in [1.29, 1.82) is 0 Å². The van der Waals surface area contributed by atoms with E-state index in [1.54, 1.807) is 17.6 Å². The molecule has 0 aromatic carbocycles. The van der Waals surface area contributed by atoms with Gasteiger partial charge >= 0.3 is 0 Å². The highest BCUT2D eigenvalue weighted by molar-refractivity contribution is 14.0. The summed E-state index contributed by atoms with van der Waals surface area (Å²) in [5, 5.41) is 8.62. The van der Waals surface area contributed by atoms with E-state index in [2.05, 4.69) is 33.1 Å². The van der Waals surface area contributed by atoms with E-state index in [9.17, 15) is 4.39 Å². The lowest BCUT2D eigenvalue weighted by molar-refractivity contribution is 0.477. The molecule has 2 N–H and O–H groups in total. The number of rotatable bonds is 9. The highest BCUT2D eigenvalue weighted by Gasteiger charge is 2.01. The van der Waals surface area contributed by atoms with Crippen LogP contribution in [0.15, 0.2) is 45.3 Å². The van der Waals surface area contributed by atoms with Crippen LogP contribution >= 0.6 is 35.3 Å². The largest absolute Gasteiger partial charge is 0.469 e. The minimum Gasteiger partial charge on any atom is -0.469 e. The molecule has 0 fully saturated rings. The van der Waals surface area contributed by atoms with Gasteiger partial charge in [-0.15, -0.1) is 35.3 Å². The van der Waals surface area contributed by atoms with E-state index in [1.165, 1.54) is 4.88 Å². The summed E-state index contributed by atoms with van der Waals surface area (Å²) in [4.78, 5) is 5.72. The van der Waals surface area contributed by atoms with Gasteiger partial charge in [-0.3, -0.25) is 9.38 Å². The molecule has 2 aromatic heterocycles. The van der Waals surface area contributed by atoms with Crippen molar-refractivity contribution in [2.45, 2.75) is 19.3 Å². The van der Waals surface area contributed by atoms with Crippen LogP contribution in [-0.2, 0) is 12.8 Å². The summed E-state index contributed by atoms with van der Waals surface area (Å²) in [5.41, 5.74) is 0. The number of aliphatic imine (C=N–C) groups is 1. The van der Waals surface area contributed by atoms with Gasteiger partial charge in [0.2, 0.25) is 0 Å². The number of thiophene rings is 1.